The van der Waals surface area contributed by atoms with Crippen LogP contribution < -0.4 is 16.0 Å². The maximum atomic E-state index is 6.04. The first-order valence-corrected chi connectivity index (χ1v) is 6.29. The molecule has 0 spiro atoms. The second-order valence-corrected chi connectivity index (χ2v) is 4.77. The average molecular weight is 281 g/mol. The van der Waals surface area contributed by atoms with Crippen molar-refractivity contribution in [1.82, 2.24) is 15.2 Å². The number of rotatable bonds is 5. The van der Waals surface area contributed by atoms with E-state index in [4.69, 9.17) is 22.2 Å². The van der Waals surface area contributed by atoms with Crippen molar-refractivity contribution >= 4 is 11.6 Å². The van der Waals surface area contributed by atoms with E-state index in [1.54, 1.807) is 17.9 Å². The Labute approximate surface area is 117 Å². The molecule has 102 valence electrons. The molecular formula is C13H17ClN4O. The van der Waals surface area contributed by atoms with Crippen LogP contribution in [0.3, 0.4) is 0 Å². The van der Waals surface area contributed by atoms with E-state index in [1.165, 1.54) is 0 Å². The molecule has 0 fully saturated rings. The second-order valence-electron chi connectivity index (χ2n) is 4.33. The summed E-state index contributed by atoms with van der Waals surface area (Å²) in [7, 11) is 3.51. The molecule has 0 bridgehead atoms. The van der Waals surface area contributed by atoms with Gasteiger partial charge in [-0.1, -0.05) is 11.6 Å². The summed E-state index contributed by atoms with van der Waals surface area (Å²) in [4.78, 5) is 0. The van der Waals surface area contributed by atoms with Gasteiger partial charge in [0.25, 0.3) is 0 Å². The Hall–Kier alpha value is -1.56. The molecule has 1 aromatic heterocycles. The van der Waals surface area contributed by atoms with Crippen molar-refractivity contribution in [3.63, 3.8) is 0 Å². The number of ether oxygens (including phenoxy) is 1. The maximum Gasteiger partial charge on any atom is 0.123 e. The van der Waals surface area contributed by atoms with Gasteiger partial charge in [0.1, 0.15) is 5.75 Å². The van der Waals surface area contributed by atoms with Crippen LogP contribution in [0.15, 0.2) is 30.6 Å². The zero-order chi connectivity index (χ0) is 13.8. The van der Waals surface area contributed by atoms with Gasteiger partial charge in [-0.05, 0) is 30.2 Å². The van der Waals surface area contributed by atoms with Gasteiger partial charge in [-0.2, -0.15) is 5.10 Å². The van der Waals surface area contributed by atoms with E-state index in [0.717, 1.165) is 16.9 Å². The number of nitrogens with two attached hydrogens (primary N) is 1. The molecule has 0 aliphatic carbocycles. The Kier molecular flexibility index (Phi) is 4.42. The van der Waals surface area contributed by atoms with E-state index in [2.05, 4.69) is 10.5 Å². The van der Waals surface area contributed by atoms with E-state index in [9.17, 15) is 0 Å². The topological polar surface area (TPSA) is 65.1 Å². The summed E-state index contributed by atoms with van der Waals surface area (Å²) in [5.74, 6) is 6.42. The largest absolute Gasteiger partial charge is 0.496 e. The molecule has 0 radical (unpaired) electrons. The van der Waals surface area contributed by atoms with Gasteiger partial charge >= 0.3 is 0 Å². The number of nitrogens with zero attached hydrogens (tertiary/aromatic N) is 2. The van der Waals surface area contributed by atoms with Crippen LogP contribution in [0.25, 0.3) is 0 Å². The molecule has 6 heteroatoms. The van der Waals surface area contributed by atoms with Crippen LogP contribution in [0.4, 0.5) is 0 Å². The van der Waals surface area contributed by atoms with Gasteiger partial charge < -0.3 is 4.74 Å². The molecule has 0 aliphatic heterocycles. The highest BCUT2D eigenvalue weighted by molar-refractivity contribution is 6.30. The zero-order valence-corrected chi connectivity index (χ0v) is 11.7. The summed E-state index contributed by atoms with van der Waals surface area (Å²) >= 11 is 6.04. The minimum absolute atomic E-state index is 0.0853. The molecule has 0 saturated heterocycles. The number of nitrogens with one attached hydrogen (secondary N) is 1. The predicted molar refractivity (Wildman–Crippen MR) is 75.0 cm³/mol. The number of halogens is 1. The zero-order valence-electron chi connectivity index (χ0n) is 10.9. The van der Waals surface area contributed by atoms with E-state index < -0.39 is 0 Å². The second kappa shape index (κ2) is 6.06. The number of aromatic nitrogens is 2. The lowest BCUT2D eigenvalue weighted by atomic mass is 10.0. The molecule has 2 rings (SSSR count). The van der Waals surface area contributed by atoms with E-state index >= 15 is 0 Å². The number of aryl methyl sites for hydroxylation is 1. The van der Waals surface area contributed by atoms with Crippen LogP contribution in [0.1, 0.15) is 17.2 Å². The predicted octanol–water partition coefficient (Wildman–Crippen LogP) is 1.83. The summed E-state index contributed by atoms with van der Waals surface area (Å²) in [6.45, 7) is 0. The van der Waals surface area contributed by atoms with Crippen LogP contribution in [0.5, 0.6) is 5.75 Å². The highest BCUT2D eigenvalue weighted by atomic mass is 35.5. The lowest BCUT2D eigenvalue weighted by molar-refractivity contribution is 0.399. The fourth-order valence-corrected chi connectivity index (χ4v) is 2.23. The molecule has 1 atom stereocenters. The van der Waals surface area contributed by atoms with Crippen molar-refractivity contribution in [1.29, 1.82) is 0 Å². The molecule has 3 N–H and O–H groups in total. The Bertz CT molecular complexity index is 555. The first-order chi connectivity index (χ1) is 9.13. The maximum absolute atomic E-state index is 6.04. The molecule has 5 nitrogen and oxygen atoms in total. The van der Waals surface area contributed by atoms with Gasteiger partial charge in [-0.3, -0.25) is 16.0 Å². The molecule has 19 heavy (non-hydrogen) atoms. The van der Waals surface area contributed by atoms with Crippen LogP contribution in [0, 0.1) is 0 Å². The minimum Gasteiger partial charge on any atom is -0.496 e. The fraction of sp³-hybridized carbons (Fsp3) is 0.308. The van der Waals surface area contributed by atoms with Gasteiger partial charge in [-0.15, -0.1) is 0 Å². The van der Waals surface area contributed by atoms with Gasteiger partial charge in [0.05, 0.1) is 19.3 Å². The SMILES string of the molecule is COc1ccc(Cl)cc1C(Cc1cnn(C)c1)NN. The lowest BCUT2D eigenvalue weighted by Gasteiger charge is -2.18. The Balaban J connectivity index is 2.28. The summed E-state index contributed by atoms with van der Waals surface area (Å²) in [6, 6.07) is 5.41. The Morgan fingerprint density at radius 1 is 1.53 bits per heavy atom. The van der Waals surface area contributed by atoms with E-state index in [-0.39, 0.29) is 6.04 Å². The van der Waals surface area contributed by atoms with Crippen molar-refractivity contribution in [2.75, 3.05) is 7.11 Å². The normalized spacial score (nSPS) is 12.4. The fourth-order valence-electron chi connectivity index (χ4n) is 2.05. The number of benzene rings is 1. The van der Waals surface area contributed by atoms with Gasteiger partial charge in [0.2, 0.25) is 0 Å². The number of hydrazine groups is 1. The first kappa shape index (κ1) is 13.9. The number of methoxy groups -OCH3 is 1. The summed E-state index contributed by atoms with van der Waals surface area (Å²) in [5.41, 5.74) is 4.82. The lowest BCUT2D eigenvalue weighted by Crippen LogP contribution is -2.29. The summed E-state index contributed by atoms with van der Waals surface area (Å²) in [6.07, 6.45) is 4.49. The highest BCUT2D eigenvalue weighted by Gasteiger charge is 2.16. The van der Waals surface area contributed by atoms with Gasteiger partial charge in [0.15, 0.2) is 0 Å². The molecule has 0 saturated carbocycles. The Morgan fingerprint density at radius 2 is 2.32 bits per heavy atom. The van der Waals surface area contributed by atoms with Gasteiger partial charge in [-0.25, -0.2) is 0 Å². The number of hydrogen-bond donors (Lipinski definition) is 2. The molecular weight excluding hydrogens is 264 g/mol. The van der Waals surface area contributed by atoms with Crippen LogP contribution >= 0.6 is 11.6 Å². The summed E-state index contributed by atoms with van der Waals surface area (Å²) in [5, 5.41) is 4.80. The molecule has 1 aromatic carbocycles. The van der Waals surface area contributed by atoms with E-state index in [1.807, 2.05) is 31.6 Å². The monoisotopic (exact) mass is 280 g/mol. The van der Waals surface area contributed by atoms with Crippen molar-refractivity contribution in [2.45, 2.75) is 12.5 Å². The Morgan fingerprint density at radius 3 is 2.89 bits per heavy atom. The average Bonchev–Trinajstić information content (AvgIpc) is 2.81. The third kappa shape index (κ3) is 3.26. The molecule has 0 amide bonds. The molecule has 1 unspecified atom stereocenters. The molecule has 0 aliphatic rings. The number of hydrogen-bond acceptors (Lipinski definition) is 4. The van der Waals surface area contributed by atoms with Crippen LogP contribution in [0.2, 0.25) is 5.02 Å². The summed E-state index contributed by atoms with van der Waals surface area (Å²) < 4.78 is 7.11. The molecule has 1 heterocycles. The quantitative estimate of drug-likeness (QED) is 0.648. The van der Waals surface area contributed by atoms with Gasteiger partial charge in [0, 0.05) is 23.8 Å². The standard InChI is InChI=1S/C13H17ClN4O/c1-18-8-9(7-16-18)5-12(17-15)11-6-10(14)3-4-13(11)19-2/h3-4,6-8,12,17H,5,15H2,1-2H3. The van der Waals surface area contributed by atoms with Crippen molar-refractivity contribution < 1.29 is 4.74 Å². The third-order valence-electron chi connectivity index (χ3n) is 2.97. The van der Waals surface area contributed by atoms with Crippen molar-refractivity contribution in [3.05, 3.63) is 46.7 Å². The van der Waals surface area contributed by atoms with Crippen LogP contribution in [-0.4, -0.2) is 16.9 Å². The van der Waals surface area contributed by atoms with Crippen LogP contribution in [-0.2, 0) is 13.5 Å². The molecule has 2 aromatic rings. The smallest absolute Gasteiger partial charge is 0.123 e. The first-order valence-electron chi connectivity index (χ1n) is 5.91. The van der Waals surface area contributed by atoms with Crippen molar-refractivity contribution in [3.8, 4) is 5.75 Å². The van der Waals surface area contributed by atoms with Crippen molar-refractivity contribution in [2.24, 2.45) is 12.9 Å². The van der Waals surface area contributed by atoms with E-state index in [0.29, 0.717) is 11.4 Å². The third-order valence-corrected chi connectivity index (χ3v) is 3.20. The highest BCUT2D eigenvalue weighted by Crippen LogP contribution is 2.29. The minimum atomic E-state index is -0.0853.